The van der Waals surface area contributed by atoms with E-state index in [1.54, 1.807) is 0 Å². The van der Waals surface area contributed by atoms with E-state index in [1.165, 1.54) is 31.2 Å². The molecule has 3 nitrogen and oxygen atoms in total. The first-order chi connectivity index (χ1) is 10.4. The summed E-state index contributed by atoms with van der Waals surface area (Å²) in [6, 6.07) is 9.95. The molecule has 3 saturated heterocycles. The Labute approximate surface area is 156 Å². The van der Waals surface area contributed by atoms with E-state index in [9.17, 15) is 0 Å². The van der Waals surface area contributed by atoms with Gasteiger partial charge in [-0.05, 0) is 44.2 Å². The molecule has 0 aliphatic carbocycles. The molecular weight excluding hydrogens is 478 g/mol. The topological polar surface area (TPSA) is 28.3 Å². The number of alkyl halides is 3. The summed E-state index contributed by atoms with van der Waals surface area (Å²) < 4.78 is -0.624. The van der Waals surface area contributed by atoms with Gasteiger partial charge in [-0.1, -0.05) is 72.1 Å². The zero-order valence-electron chi connectivity index (χ0n) is 12.3. The normalized spacial score (nSPS) is 33.9. The molecule has 22 heavy (non-hydrogen) atoms. The number of fused-ring (bicyclic) bond motifs is 2. The van der Waals surface area contributed by atoms with E-state index in [4.69, 9.17) is 9.78 Å². The van der Waals surface area contributed by atoms with Crippen molar-refractivity contribution in [2.24, 2.45) is 0 Å². The van der Waals surface area contributed by atoms with E-state index in [-0.39, 0.29) is 0 Å². The molecule has 1 aromatic carbocycles. The van der Waals surface area contributed by atoms with Gasteiger partial charge < -0.3 is 4.90 Å². The van der Waals surface area contributed by atoms with Gasteiger partial charge in [0.2, 0.25) is 0 Å². The summed E-state index contributed by atoms with van der Waals surface area (Å²) in [4.78, 5) is 13.4. The molecule has 1 aromatic rings. The monoisotopic (exact) mass is 493 g/mol. The number of rotatable bonds is 2. The van der Waals surface area contributed by atoms with Crippen LogP contribution in [-0.4, -0.2) is 26.2 Å². The highest BCUT2D eigenvalue weighted by atomic mass is 80.0. The van der Waals surface area contributed by atoms with Crippen molar-refractivity contribution in [2.45, 2.75) is 51.6 Å². The van der Waals surface area contributed by atoms with Crippen LogP contribution in [0.4, 0.5) is 0 Å². The molecule has 0 aromatic heterocycles. The molecule has 2 bridgehead atoms. The maximum absolute atomic E-state index is 5.42. The fraction of sp³-hybridized carbons (Fsp3) is 0.625. The number of hydrogen-bond acceptors (Lipinski definition) is 3. The Morgan fingerprint density at radius 3 is 2.23 bits per heavy atom. The Morgan fingerprint density at radius 1 is 1.09 bits per heavy atom. The Hall–Kier alpha value is 0.540. The summed E-state index contributed by atoms with van der Waals surface area (Å²) in [6.45, 7) is 0. The van der Waals surface area contributed by atoms with Crippen LogP contribution >= 0.6 is 47.8 Å². The van der Waals surface area contributed by atoms with Gasteiger partial charge in [0.15, 0.2) is 2.14 Å². The molecule has 0 amide bonds. The molecule has 4 rings (SSSR count). The van der Waals surface area contributed by atoms with E-state index in [1.807, 2.05) is 6.07 Å². The summed E-state index contributed by atoms with van der Waals surface area (Å²) in [5, 5.41) is 0. The Morgan fingerprint density at radius 2 is 1.68 bits per heavy atom. The molecular formula is C16H18Br3NO2. The first-order valence-corrected chi connectivity index (χ1v) is 10.0. The summed E-state index contributed by atoms with van der Waals surface area (Å²) in [7, 11) is 2.28. The summed E-state index contributed by atoms with van der Waals surface area (Å²) >= 11 is 10.7. The minimum Gasteiger partial charge on any atom is -0.300 e. The van der Waals surface area contributed by atoms with Crippen LogP contribution in [0.2, 0.25) is 0 Å². The number of benzene rings is 1. The van der Waals surface area contributed by atoms with Gasteiger partial charge in [0, 0.05) is 17.6 Å². The number of piperidine rings is 1. The quantitative estimate of drug-likeness (QED) is 0.329. The first kappa shape index (κ1) is 16.0. The lowest BCUT2D eigenvalue weighted by atomic mass is 9.82. The van der Waals surface area contributed by atoms with Crippen LogP contribution in [0, 0.1) is 0 Å². The van der Waals surface area contributed by atoms with Crippen molar-refractivity contribution in [3.63, 3.8) is 0 Å². The second kappa shape index (κ2) is 5.53. The van der Waals surface area contributed by atoms with E-state index >= 15 is 0 Å². The summed E-state index contributed by atoms with van der Waals surface area (Å²) in [5.41, 5.74) is 2.46. The van der Waals surface area contributed by atoms with Gasteiger partial charge in [0.1, 0.15) is 0 Å². The third-order valence-corrected chi connectivity index (χ3v) is 7.04. The van der Waals surface area contributed by atoms with Gasteiger partial charge in [-0.2, -0.15) is 9.78 Å². The molecule has 3 aliphatic rings. The maximum Gasteiger partial charge on any atom is 0.293 e. The smallest absolute Gasteiger partial charge is 0.293 e. The fourth-order valence-electron chi connectivity index (χ4n) is 4.20. The van der Waals surface area contributed by atoms with Gasteiger partial charge in [0.25, 0.3) is 5.79 Å². The summed E-state index contributed by atoms with van der Waals surface area (Å²) in [5.74, 6) is -0.226. The van der Waals surface area contributed by atoms with Crippen molar-refractivity contribution in [1.29, 1.82) is 0 Å². The summed E-state index contributed by atoms with van der Waals surface area (Å²) in [6.07, 6.45) is 5.11. The second-order valence-corrected chi connectivity index (χ2v) is 13.3. The molecule has 0 saturated carbocycles. The highest BCUT2D eigenvalue weighted by molar-refractivity contribution is 9.39. The fourth-order valence-corrected chi connectivity index (χ4v) is 5.23. The average Bonchev–Trinajstić information content (AvgIpc) is 3.26. The Kier molecular flexibility index (Phi) is 4.03. The SMILES string of the molecule is CN1C2CCC1CC(c1ccccc1C1(C(Br)(Br)Br)OO1)C2. The highest BCUT2D eigenvalue weighted by Gasteiger charge is 2.65. The lowest BCUT2D eigenvalue weighted by Crippen LogP contribution is -2.39. The van der Waals surface area contributed by atoms with Crippen molar-refractivity contribution >= 4 is 47.8 Å². The molecule has 6 heteroatoms. The molecule has 3 heterocycles. The van der Waals surface area contributed by atoms with Crippen molar-refractivity contribution in [2.75, 3.05) is 7.05 Å². The third kappa shape index (κ3) is 2.45. The molecule has 2 unspecified atom stereocenters. The Balaban J connectivity index is 1.70. The third-order valence-electron chi connectivity index (χ3n) is 5.48. The minimum absolute atomic E-state index is 0.574. The van der Waals surface area contributed by atoms with E-state index < -0.39 is 7.93 Å². The van der Waals surface area contributed by atoms with E-state index in [0.29, 0.717) is 5.92 Å². The van der Waals surface area contributed by atoms with Crippen LogP contribution < -0.4 is 0 Å². The molecule has 0 spiro atoms. The van der Waals surface area contributed by atoms with E-state index in [2.05, 4.69) is 77.9 Å². The van der Waals surface area contributed by atoms with Gasteiger partial charge in [-0.25, -0.2) is 0 Å². The number of nitrogens with zero attached hydrogens (tertiary/aromatic N) is 1. The largest absolute Gasteiger partial charge is 0.300 e. The highest BCUT2D eigenvalue weighted by Crippen LogP contribution is 2.61. The Bertz CT molecular complexity index is 571. The molecule has 2 atom stereocenters. The van der Waals surface area contributed by atoms with Crippen molar-refractivity contribution < 1.29 is 9.78 Å². The molecule has 3 fully saturated rings. The number of hydrogen-bond donors (Lipinski definition) is 0. The minimum atomic E-state index is -0.800. The van der Waals surface area contributed by atoms with Crippen molar-refractivity contribution in [3.8, 4) is 0 Å². The van der Waals surface area contributed by atoms with Crippen LogP contribution in [0.25, 0.3) is 0 Å². The van der Waals surface area contributed by atoms with Gasteiger partial charge >= 0.3 is 0 Å². The lowest BCUT2D eigenvalue weighted by molar-refractivity contribution is 0.0850. The molecule has 0 radical (unpaired) electrons. The van der Waals surface area contributed by atoms with Crippen LogP contribution in [-0.2, 0) is 15.6 Å². The average molecular weight is 496 g/mol. The molecule has 0 N–H and O–H groups in total. The zero-order chi connectivity index (χ0) is 15.5. The number of halogens is 3. The van der Waals surface area contributed by atoms with Crippen LogP contribution in [0.5, 0.6) is 0 Å². The second-order valence-electron chi connectivity index (χ2n) is 6.59. The van der Waals surface area contributed by atoms with Crippen molar-refractivity contribution in [3.05, 3.63) is 35.4 Å². The lowest BCUT2D eigenvalue weighted by Gasteiger charge is -2.37. The van der Waals surface area contributed by atoms with E-state index in [0.717, 1.165) is 17.6 Å². The van der Waals surface area contributed by atoms with Crippen LogP contribution in [0.15, 0.2) is 24.3 Å². The van der Waals surface area contributed by atoms with Gasteiger partial charge in [-0.3, -0.25) is 0 Å². The molecule has 120 valence electrons. The zero-order valence-corrected chi connectivity index (χ0v) is 17.0. The van der Waals surface area contributed by atoms with Crippen LogP contribution in [0.3, 0.4) is 0 Å². The van der Waals surface area contributed by atoms with Gasteiger partial charge in [-0.15, -0.1) is 0 Å². The van der Waals surface area contributed by atoms with Gasteiger partial charge in [0.05, 0.1) is 0 Å². The van der Waals surface area contributed by atoms with Crippen molar-refractivity contribution in [1.82, 2.24) is 4.90 Å². The predicted octanol–water partition coefficient (Wildman–Crippen LogP) is 4.98. The predicted molar refractivity (Wildman–Crippen MR) is 96.4 cm³/mol. The maximum atomic E-state index is 5.42. The molecule has 3 aliphatic heterocycles. The van der Waals surface area contributed by atoms with Crippen LogP contribution in [0.1, 0.15) is 42.7 Å². The standard InChI is InChI=1S/C16H18Br3NO2/c1-20-11-6-7-12(20)9-10(8-11)13-4-2-3-5-14(13)15(21-22-15)16(17,18)19/h2-5,10-12H,6-9H2,1H3. The first-order valence-electron chi connectivity index (χ1n) is 7.67.